The molecule has 0 spiro atoms. The largest absolute Gasteiger partial charge is 0.486 e. The zero-order valence-corrected chi connectivity index (χ0v) is 23.0. The number of fused-ring (bicyclic) bond motifs is 3. The SMILES string of the molecule is CN1C2CCC1CN(C/C=C/C(=O)Nc1cc3c(Nc4ccc(F)c(Cl)c4)ncnc3cc1O[C@H]1CCOC1)C2. The molecule has 3 atom stereocenters. The first-order valence-electron chi connectivity index (χ1n) is 13.6. The zero-order chi connectivity index (χ0) is 27.6. The van der Waals surface area contributed by atoms with Crippen molar-refractivity contribution < 1.29 is 18.7 Å². The second-order valence-corrected chi connectivity index (χ2v) is 11.0. The molecule has 2 unspecified atom stereocenters. The van der Waals surface area contributed by atoms with E-state index in [9.17, 15) is 9.18 Å². The van der Waals surface area contributed by atoms with Crippen molar-refractivity contribution in [3.8, 4) is 5.75 Å². The summed E-state index contributed by atoms with van der Waals surface area (Å²) in [6.45, 7) is 3.91. The summed E-state index contributed by atoms with van der Waals surface area (Å²) >= 11 is 5.96. The quantitative estimate of drug-likeness (QED) is 0.382. The first kappa shape index (κ1) is 26.9. The van der Waals surface area contributed by atoms with Crippen molar-refractivity contribution >= 4 is 45.6 Å². The first-order chi connectivity index (χ1) is 19.4. The maximum Gasteiger partial charge on any atom is 0.248 e. The number of rotatable bonds is 8. The molecule has 6 rings (SSSR count). The van der Waals surface area contributed by atoms with Gasteiger partial charge in [-0.2, -0.15) is 0 Å². The van der Waals surface area contributed by atoms with Gasteiger partial charge in [-0.1, -0.05) is 17.7 Å². The Morgan fingerprint density at radius 1 is 1.20 bits per heavy atom. The van der Waals surface area contributed by atoms with E-state index in [0.717, 1.165) is 26.1 Å². The molecule has 0 saturated carbocycles. The molecule has 3 saturated heterocycles. The number of aromatic nitrogens is 2. The Kier molecular flexibility index (Phi) is 7.84. The third-order valence-electron chi connectivity index (χ3n) is 7.91. The van der Waals surface area contributed by atoms with Gasteiger partial charge < -0.3 is 20.1 Å². The molecule has 3 fully saturated rings. The van der Waals surface area contributed by atoms with Crippen LogP contribution in [-0.2, 0) is 9.53 Å². The fourth-order valence-electron chi connectivity index (χ4n) is 5.71. The lowest BCUT2D eigenvalue weighted by molar-refractivity contribution is -0.111. The molecule has 3 aliphatic rings. The molecular weight excluding hydrogens is 535 g/mol. The van der Waals surface area contributed by atoms with E-state index in [-0.39, 0.29) is 17.0 Å². The molecule has 3 aromatic rings. The van der Waals surface area contributed by atoms with Gasteiger partial charge in [0.25, 0.3) is 0 Å². The van der Waals surface area contributed by atoms with Gasteiger partial charge in [-0.05, 0) is 44.2 Å². The van der Waals surface area contributed by atoms with Gasteiger partial charge in [0.2, 0.25) is 5.91 Å². The maximum absolute atomic E-state index is 13.7. The van der Waals surface area contributed by atoms with Crippen LogP contribution in [0.1, 0.15) is 19.3 Å². The highest BCUT2D eigenvalue weighted by Gasteiger charge is 2.36. The molecule has 1 amide bonds. The molecule has 0 aliphatic carbocycles. The number of benzene rings is 2. The summed E-state index contributed by atoms with van der Waals surface area (Å²) < 4.78 is 25.4. The van der Waals surface area contributed by atoms with Crippen molar-refractivity contribution in [3.05, 3.63) is 59.7 Å². The van der Waals surface area contributed by atoms with Crippen molar-refractivity contribution in [3.63, 3.8) is 0 Å². The Labute approximate surface area is 237 Å². The summed E-state index contributed by atoms with van der Waals surface area (Å²) in [6, 6.07) is 9.14. The van der Waals surface area contributed by atoms with Gasteiger partial charge in [0.05, 0.1) is 29.4 Å². The minimum Gasteiger partial charge on any atom is -0.486 e. The van der Waals surface area contributed by atoms with Crippen LogP contribution in [0.3, 0.4) is 0 Å². The number of ether oxygens (including phenoxy) is 2. The van der Waals surface area contributed by atoms with Crippen LogP contribution in [0.5, 0.6) is 5.75 Å². The number of hydrogen-bond acceptors (Lipinski definition) is 8. The second-order valence-electron chi connectivity index (χ2n) is 10.6. The number of hydrogen-bond donors (Lipinski definition) is 2. The van der Waals surface area contributed by atoms with Crippen LogP contribution >= 0.6 is 11.6 Å². The number of anilines is 3. The minimum atomic E-state index is -0.504. The van der Waals surface area contributed by atoms with Crippen LogP contribution in [0.2, 0.25) is 5.02 Å². The van der Waals surface area contributed by atoms with E-state index in [4.69, 9.17) is 21.1 Å². The predicted octanol–water partition coefficient (Wildman–Crippen LogP) is 4.61. The Hall–Kier alpha value is -3.31. The van der Waals surface area contributed by atoms with Crippen molar-refractivity contribution in [2.24, 2.45) is 0 Å². The number of halogens is 2. The highest BCUT2D eigenvalue weighted by molar-refractivity contribution is 6.31. The number of likely N-dealkylation sites (N-methyl/N-ethyl adjacent to an activating group) is 1. The molecule has 40 heavy (non-hydrogen) atoms. The maximum atomic E-state index is 13.7. The molecule has 11 heteroatoms. The van der Waals surface area contributed by atoms with Gasteiger partial charge in [0, 0.05) is 61.4 Å². The molecule has 4 heterocycles. The van der Waals surface area contributed by atoms with E-state index >= 15 is 0 Å². The van der Waals surface area contributed by atoms with E-state index in [1.54, 1.807) is 24.3 Å². The smallest absolute Gasteiger partial charge is 0.248 e. The van der Waals surface area contributed by atoms with E-state index < -0.39 is 5.82 Å². The van der Waals surface area contributed by atoms with Crippen molar-refractivity contribution in [2.75, 3.05) is 50.5 Å². The number of likely N-dealkylation sites (tertiary alicyclic amines) is 1. The van der Waals surface area contributed by atoms with Crippen LogP contribution in [0.4, 0.5) is 21.6 Å². The molecular formula is C29H32ClFN6O3. The predicted molar refractivity (Wildman–Crippen MR) is 153 cm³/mol. The number of piperazine rings is 1. The van der Waals surface area contributed by atoms with Crippen LogP contribution in [0.25, 0.3) is 10.9 Å². The summed E-state index contributed by atoms with van der Waals surface area (Å²) in [5.41, 5.74) is 1.69. The van der Waals surface area contributed by atoms with E-state index in [1.807, 2.05) is 6.08 Å². The Morgan fingerprint density at radius 3 is 2.77 bits per heavy atom. The fourth-order valence-corrected chi connectivity index (χ4v) is 5.89. The second kappa shape index (κ2) is 11.7. The third kappa shape index (κ3) is 5.90. The molecule has 9 nitrogen and oxygen atoms in total. The molecule has 210 valence electrons. The first-order valence-corrected chi connectivity index (χ1v) is 14.0. The lowest BCUT2D eigenvalue weighted by atomic mass is 10.1. The third-order valence-corrected chi connectivity index (χ3v) is 8.20. The van der Waals surface area contributed by atoms with Crippen LogP contribution in [-0.4, -0.2) is 83.8 Å². The van der Waals surface area contributed by atoms with E-state index in [2.05, 4.69) is 37.4 Å². The summed E-state index contributed by atoms with van der Waals surface area (Å²) in [6.07, 6.45) is 8.07. The normalized spacial score (nSPS) is 23.2. The standard InChI is InChI=1S/C29H32ClFN6O3/c1-36-19-5-6-20(36)15-37(14-19)9-2-3-28(38)35-26-12-22-25(13-27(26)40-21-8-10-39-16-21)32-17-33-29(22)34-18-4-7-24(31)23(30)11-18/h2-4,7,11-13,17,19-21H,5-6,8-10,14-16H2,1H3,(H,35,38)(H,32,33,34)/b3-2+/t19?,20?,21-/m0/s1. The Morgan fingerprint density at radius 2 is 2.02 bits per heavy atom. The molecule has 2 aromatic carbocycles. The number of amides is 1. The van der Waals surface area contributed by atoms with E-state index in [1.165, 1.54) is 31.3 Å². The summed E-state index contributed by atoms with van der Waals surface area (Å²) in [4.78, 5) is 26.7. The van der Waals surface area contributed by atoms with Gasteiger partial charge in [-0.3, -0.25) is 14.6 Å². The molecule has 0 radical (unpaired) electrons. The average Bonchev–Trinajstić information content (AvgIpc) is 3.50. The fraction of sp³-hybridized carbons (Fsp3) is 0.414. The summed E-state index contributed by atoms with van der Waals surface area (Å²) in [5.74, 6) is 0.241. The van der Waals surface area contributed by atoms with Crippen molar-refractivity contribution in [1.82, 2.24) is 19.8 Å². The Bertz CT molecular complexity index is 1420. The number of carbonyl (C=O) groups is 1. The molecule has 2 bridgehead atoms. The average molecular weight is 567 g/mol. The molecule has 2 N–H and O–H groups in total. The minimum absolute atomic E-state index is 0.00166. The van der Waals surface area contributed by atoms with Crippen LogP contribution in [0.15, 0.2) is 48.8 Å². The summed E-state index contributed by atoms with van der Waals surface area (Å²) in [5, 5.41) is 6.82. The van der Waals surface area contributed by atoms with E-state index in [0.29, 0.717) is 59.1 Å². The van der Waals surface area contributed by atoms with Gasteiger partial charge >= 0.3 is 0 Å². The topological polar surface area (TPSA) is 91.9 Å². The van der Waals surface area contributed by atoms with Gasteiger partial charge in [-0.15, -0.1) is 0 Å². The lowest BCUT2D eigenvalue weighted by Gasteiger charge is -2.38. The lowest BCUT2D eigenvalue weighted by Crippen LogP contribution is -2.51. The summed E-state index contributed by atoms with van der Waals surface area (Å²) in [7, 11) is 2.21. The monoisotopic (exact) mass is 566 g/mol. The zero-order valence-electron chi connectivity index (χ0n) is 22.3. The van der Waals surface area contributed by atoms with Gasteiger partial charge in [-0.25, -0.2) is 14.4 Å². The van der Waals surface area contributed by atoms with Crippen LogP contribution in [0, 0.1) is 5.82 Å². The van der Waals surface area contributed by atoms with Gasteiger partial charge in [0.1, 0.15) is 29.8 Å². The Balaban J connectivity index is 1.22. The number of carbonyl (C=O) groups excluding carboxylic acids is 1. The number of nitrogens with one attached hydrogen (secondary N) is 2. The van der Waals surface area contributed by atoms with Crippen LogP contribution < -0.4 is 15.4 Å². The van der Waals surface area contributed by atoms with Crippen molar-refractivity contribution in [1.29, 1.82) is 0 Å². The molecule has 1 aromatic heterocycles. The van der Waals surface area contributed by atoms with Gasteiger partial charge in [0.15, 0.2) is 0 Å². The molecule has 3 aliphatic heterocycles. The number of nitrogens with zero attached hydrogens (tertiary/aromatic N) is 4. The highest BCUT2D eigenvalue weighted by atomic mass is 35.5. The highest BCUT2D eigenvalue weighted by Crippen LogP contribution is 2.35. The van der Waals surface area contributed by atoms with Crippen molar-refractivity contribution in [2.45, 2.75) is 37.5 Å².